The summed E-state index contributed by atoms with van der Waals surface area (Å²) in [5.74, 6) is -0.166. The van der Waals surface area contributed by atoms with Gasteiger partial charge in [-0.05, 0) is 55.8 Å². The molecule has 0 atom stereocenters. The minimum atomic E-state index is -0.243. The van der Waals surface area contributed by atoms with Crippen LogP contribution in [-0.2, 0) is 6.54 Å². The summed E-state index contributed by atoms with van der Waals surface area (Å²) in [6, 6.07) is 14.9. The van der Waals surface area contributed by atoms with Gasteiger partial charge in [-0.3, -0.25) is 4.79 Å². The highest BCUT2D eigenvalue weighted by Crippen LogP contribution is 2.14. The topological polar surface area (TPSA) is 95.6 Å². The first-order chi connectivity index (χ1) is 13.0. The first-order valence-corrected chi connectivity index (χ1v) is 8.62. The molecule has 4 aromatic rings. The summed E-state index contributed by atoms with van der Waals surface area (Å²) in [6.07, 6.45) is 0. The Morgan fingerprint density at radius 2 is 1.89 bits per heavy atom. The lowest BCUT2D eigenvalue weighted by molar-refractivity contribution is 0.0951. The number of nitrogens with zero attached hydrogens (tertiary/aromatic N) is 2. The van der Waals surface area contributed by atoms with Crippen molar-refractivity contribution in [3.63, 3.8) is 0 Å². The van der Waals surface area contributed by atoms with E-state index in [1.807, 2.05) is 61.0 Å². The predicted octanol–water partition coefficient (Wildman–Crippen LogP) is 2.59. The van der Waals surface area contributed by atoms with Crippen molar-refractivity contribution in [1.29, 1.82) is 0 Å². The van der Waals surface area contributed by atoms with E-state index in [0.29, 0.717) is 12.1 Å². The molecule has 27 heavy (non-hydrogen) atoms. The van der Waals surface area contributed by atoms with Crippen molar-refractivity contribution in [2.75, 3.05) is 0 Å². The number of carbonyl (C=O) groups is 1. The fourth-order valence-electron chi connectivity index (χ4n) is 3.14. The number of aromatic nitrogens is 4. The summed E-state index contributed by atoms with van der Waals surface area (Å²) >= 11 is 0. The summed E-state index contributed by atoms with van der Waals surface area (Å²) in [5, 5.41) is 7.37. The van der Waals surface area contributed by atoms with Crippen LogP contribution in [0.1, 0.15) is 27.3 Å². The molecule has 0 spiro atoms. The molecule has 0 bridgehead atoms. The Balaban J connectivity index is 1.51. The van der Waals surface area contributed by atoms with E-state index in [1.165, 1.54) is 0 Å². The van der Waals surface area contributed by atoms with Gasteiger partial charge in [0, 0.05) is 17.8 Å². The van der Waals surface area contributed by atoms with Crippen LogP contribution in [0.15, 0.2) is 53.3 Å². The zero-order valence-corrected chi connectivity index (χ0v) is 15.0. The van der Waals surface area contributed by atoms with Gasteiger partial charge in [0.2, 0.25) is 0 Å². The van der Waals surface area contributed by atoms with E-state index >= 15 is 0 Å². The number of nitrogens with one attached hydrogen (secondary N) is 3. The minimum absolute atomic E-state index is 0.166. The van der Waals surface area contributed by atoms with Gasteiger partial charge >= 0.3 is 5.69 Å². The van der Waals surface area contributed by atoms with Gasteiger partial charge in [-0.2, -0.15) is 5.10 Å². The van der Waals surface area contributed by atoms with E-state index < -0.39 is 0 Å². The number of benzene rings is 2. The zero-order valence-electron chi connectivity index (χ0n) is 15.0. The lowest BCUT2D eigenvalue weighted by Crippen LogP contribution is -2.23. The van der Waals surface area contributed by atoms with Crippen LogP contribution in [0.4, 0.5) is 0 Å². The van der Waals surface area contributed by atoms with Crippen LogP contribution < -0.4 is 11.0 Å². The van der Waals surface area contributed by atoms with E-state index in [1.54, 1.807) is 6.07 Å². The second kappa shape index (κ2) is 6.60. The number of aryl methyl sites for hydroxylation is 2. The standard InChI is InChI=1S/C20H19N5O2/c1-12-8-13(2)25(24-12)16-5-3-4-15(10-16)19(26)21-11-14-6-7-17-18(9-14)23-20(27)22-17/h3-10H,11H2,1-2H3,(H,21,26)(H2,22,23,27). The van der Waals surface area contributed by atoms with E-state index in [9.17, 15) is 9.59 Å². The van der Waals surface area contributed by atoms with Crippen LogP contribution >= 0.6 is 0 Å². The maximum absolute atomic E-state index is 12.6. The molecule has 3 N–H and O–H groups in total. The first kappa shape index (κ1) is 16.8. The molecule has 0 saturated heterocycles. The number of fused-ring (bicyclic) bond motifs is 1. The second-order valence-corrected chi connectivity index (χ2v) is 6.53. The second-order valence-electron chi connectivity index (χ2n) is 6.53. The van der Waals surface area contributed by atoms with Gasteiger partial charge in [0.15, 0.2) is 0 Å². The lowest BCUT2D eigenvalue weighted by Gasteiger charge is -2.09. The van der Waals surface area contributed by atoms with Crippen molar-refractivity contribution in [2.24, 2.45) is 0 Å². The number of imidazole rings is 1. The van der Waals surface area contributed by atoms with Crippen molar-refractivity contribution < 1.29 is 4.79 Å². The summed E-state index contributed by atoms with van der Waals surface area (Å²) in [7, 11) is 0. The SMILES string of the molecule is Cc1cc(C)n(-c2cccc(C(=O)NCc3ccc4[nH]c(=O)[nH]c4c3)c2)n1. The maximum Gasteiger partial charge on any atom is 0.323 e. The van der Waals surface area contributed by atoms with Crippen LogP contribution in [0, 0.1) is 13.8 Å². The molecule has 7 nitrogen and oxygen atoms in total. The van der Waals surface area contributed by atoms with Crippen molar-refractivity contribution in [1.82, 2.24) is 25.1 Å². The molecule has 0 saturated carbocycles. The monoisotopic (exact) mass is 361 g/mol. The molecule has 136 valence electrons. The van der Waals surface area contributed by atoms with Gasteiger partial charge in [-0.15, -0.1) is 0 Å². The van der Waals surface area contributed by atoms with Gasteiger partial charge in [0.1, 0.15) is 0 Å². The van der Waals surface area contributed by atoms with Gasteiger partial charge in [0.05, 0.1) is 22.4 Å². The third kappa shape index (κ3) is 3.39. The quantitative estimate of drug-likeness (QED) is 0.521. The molecular formula is C20H19N5O2. The van der Waals surface area contributed by atoms with Crippen molar-refractivity contribution in [3.8, 4) is 5.69 Å². The van der Waals surface area contributed by atoms with Gasteiger partial charge in [-0.1, -0.05) is 12.1 Å². The average molecular weight is 361 g/mol. The Hall–Kier alpha value is -3.61. The van der Waals surface area contributed by atoms with Gasteiger partial charge in [0.25, 0.3) is 5.91 Å². The van der Waals surface area contributed by atoms with Crippen LogP contribution in [0.3, 0.4) is 0 Å². The Bertz CT molecular complexity index is 1200. The van der Waals surface area contributed by atoms with Gasteiger partial charge < -0.3 is 15.3 Å². The summed E-state index contributed by atoms with van der Waals surface area (Å²) in [4.78, 5) is 29.3. The number of rotatable bonds is 4. The van der Waals surface area contributed by atoms with E-state index in [-0.39, 0.29) is 11.6 Å². The van der Waals surface area contributed by atoms with Gasteiger partial charge in [-0.25, -0.2) is 9.48 Å². The smallest absolute Gasteiger partial charge is 0.323 e. The molecule has 0 radical (unpaired) electrons. The summed E-state index contributed by atoms with van der Waals surface area (Å²) in [5.41, 5.74) is 5.48. The molecule has 0 unspecified atom stereocenters. The fourth-order valence-corrected chi connectivity index (χ4v) is 3.14. The van der Waals surface area contributed by atoms with Crippen molar-refractivity contribution in [2.45, 2.75) is 20.4 Å². The van der Waals surface area contributed by atoms with Crippen molar-refractivity contribution in [3.05, 3.63) is 81.5 Å². The largest absolute Gasteiger partial charge is 0.348 e. The number of H-pyrrole nitrogens is 2. The molecule has 2 aromatic heterocycles. The highest BCUT2D eigenvalue weighted by atomic mass is 16.1. The average Bonchev–Trinajstić information content (AvgIpc) is 3.19. The maximum atomic E-state index is 12.6. The highest BCUT2D eigenvalue weighted by molar-refractivity contribution is 5.94. The number of amides is 1. The van der Waals surface area contributed by atoms with Crippen LogP contribution in [-0.4, -0.2) is 25.7 Å². The molecule has 7 heteroatoms. The van der Waals surface area contributed by atoms with E-state index in [4.69, 9.17) is 0 Å². The molecule has 2 aromatic carbocycles. The number of carbonyl (C=O) groups excluding carboxylic acids is 1. The zero-order chi connectivity index (χ0) is 19.0. The molecule has 4 rings (SSSR count). The Morgan fingerprint density at radius 1 is 1.07 bits per heavy atom. The highest BCUT2D eigenvalue weighted by Gasteiger charge is 2.09. The van der Waals surface area contributed by atoms with E-state index in [0.717, 1.165) is 33.7 Å². The molecule has 2 heterocycles. The normalized spacial score (nSPS) is 11.0. The molecule has 0 aliphatic heterocycles. The van der Waals surface area contributed by atoms with Crippen LogP contribution in [0.25, 0.3) is 16.7 Å². The molecule has 0 aliphatic carbocycles. The van der Waals surface area contributed by atoms with Crippen molar-refractivity contribution >= 4 is 16.9 Å². The summed E-state index contributed by atoms with van der Waals surface area (Å²) in [6.45, 7) is 4.29. The van der Waals surface area contributed by atoms with Crippen LogP contribution in [0.5, 0.6) is 0 Å². The lowest BCUT2D eigenvalue weighted by atomic mass is 10.1. The Morgan fingerprint density at radius 3 is 2.67 bits per heavy atom. The number of aromatic amines is 2. The third-order valence-electron chi connectivity index (χ3n) is 4.40. The summed E-state index contributed by atoms with van der Waals surface area (Å²) < 4.78 is 1.82. The minimum Gasteiger partial charge on any atom is -0.348 e. The number of hydrogen-bond donors (Lipinski definition) is 3. The fraction of sp³-hybridized carbons (Fsp3) is 0.150. The Labute approximate surface area is 155 Å². The van der Waals surface area contributed by atoms with E-state index in [2.05, 4.69) is 20.4 Å². The molecular weight excluding hydrogens is 342 g/mol. The first-order valence-electron chi connectivity index (χ1n) is 8.62. The number of hydrogen-bond acceptors (Lipinski definition) is 3. The Kier molecular flexibility index (Phi) is 4.12. The molecule has 0 fully saturated rings. The molecule has 1 amide bonds. The predicted molar refractivity (Wildman–Crippen MR) is 103 cm³/mol. The molecule has 0 aliphatic rings. The van der Waals surface area contributed by atoms with Crippen LogP contribution in [0.2, 0.25) is 0 Å². The third-order valence-corrected chi connectivity index (χ3v) is 4.40.